The van der Waals surface area contributed by atoms with Crippen LogP contribution in [0, 0.1) is 5.92 Å². The molecule has 0 aliphatic heterocycles. The zero-order valence-corrected chi connectivity index (χ0v) is 14.6. The molecule has 5 nitrogen and oxygen atoms in total. The van der Waals surface area contributed by atoms with Crippen molar-refractivity contribution in [2.75, 3.05) is 13.1 Å². The molecule has 0 aliphatic carbocycles. The van der Waals surface area contributed by atoms with E-state index in [1.807, 2.05) is 24.3 Å². The monoisotopic (exact) mass is 371 g/mol. The molecule has 0 amide bonds. The Hall–Kier alpha value is -1.40. The van der Waals surface area contributed by atoms with Gasteiger partial charge in [-0.2, -0.15) is 0 Å². The number of carboxylic acid groups (broad SMARTS) is 1. The second-order valence-corrected chi connectivity index (χ2v) is 7.00. The van der Waals surface area contributed by atoms with Gasteiger partial charge in [-0.1, -0.05) is 28.1 Å². The second kappa shape index (κ2) is 8.29. The molecule has 0 spiro atoms. The van der Waals surface area contributed by atoms with Crippen LogP contribution in [0.4, 0.5) is 0 Å². The summed E-state index contributed by atoms with van der Waals surface area (Å²) in [5.41, 5.74) is 0.391. The highest BCUT2D eigenvalue weighted by atomic mass is 79.9. The van der Waals surface area contributed by atoms with Crippen molar-refractivity contribution in [3.63, 3.8) is 0 Å². The second-order valence-electron chi connectivity index (χ2n) is 6.09. The van der Waals surface area contributed by atoms with Crippen LogP contribution in [-0.4, -0.2) is 35.7 Å². The first kappa shape index (κ1) is 18.6. The van der Waals surface area contributed by atoms with Crippen LogP contribution in [0.2, 0.25) is 0 Å². The van der Waals surface area contributed by atoms with Gasteiger partial charge >= 0.3 is 11.9 Å². The molecule has 1 atom stereocenters. The minimum absolute atomic E-state index is 0.000462. The summed E-state index contributed by atoms with van der Waals surface area (Å²) < 4.78 is 6.07. The maximum atomic E-state index is 11.6. The number of hydrogen-bond donors (Lipinski definition) is 2. The first-order valence-electron chi connectivity index (χ1n) is 7.07. The molecule has 1 rings (SSSR count). The van der Waals surface area contributed by atoms with E-state index in [4.69, 9.17) is 4.74 Å². The van der Waals surface area contributed by atoms with Gasteiger partial charge < -0.3 is 15.2 Å². The number of carbonyl (C=O) groups excluding carboxylic acids is 1. The third kappa shape index (κ3) is 7.56. The summed E-state index contributed by atoms with van der Waals surface area (Å²) in [6.07, 6.45) is 0.399. The third-order valence-electron chi connectivity index (χ3n) is 2.80. The molecule has 1 unspecified atom stereocenters. The summed E-state index contributed by atoms with van der Waals surface area (Å²) in [5.74, 6) is -1.88. The molecule has 22 heavy (non-hydrogen) atoms. The maximum Gasteiger partial charge on any atom is 0.320 e. The summed E-state index contributed by atoms with van der Waals surface area (Å²) in [6.45, 7) is 5.58. The van der Waals surface area contributed by atoms with Gasteiger partial charge in [-0.05, 0) is 44.9 Å². The van der Waals surface area contributed by atoms with E-state index in [0.717, 1.165) is 10.0 Å². The fourth-order valence-electron chi connectivity index (χ4n) is 1.92. The first-order chi connectivity index (χ1) is 10.2. The van der Waals surface area contributed by atoms with Gasteiger partial charge in [0.15, 0.2) is 0 Å². The number of carboxylic acids is 1. The average Bonchev–Trinajstić information content (AvgIpc) is 2.35. The molecule has 2 N–H and O–H groups in total. The summed E-state index contributed by atoms with van der Waals surface area (Å²) in [6, 6.07) is 7.53. The predicted octanol–water partition coefficient (Wildman–Crippen LogP) is 2.62. The number of halogens is 1. The van der Waals surface area contributed by atoms with Crippen LogP contribution in [0.5, 0.6) is 0 Å². The van der Waals surface area contributed by atoms with Crippen LogP contribution >= 0.6 is 15.9 Å². The van der Waals surface area contributed by atoms with E-state index in [0.29, 0.717) is 6.42 Å². The van der Waals surface area contributed by atoms with Crippen LogP contribution in [0.3, 0.4) is 0 Å². The highest BCUT2D eigenvalue weighted by molar-refractivity contribution is 9.10. The maximum absolute atomic E-state index is 11.6. The number of nitrogens with one attached hydrogen (secondary N) is 1. The molecule has 6 heteroatoms. The van der Waals surface area contributed by atoms with E-state index in [-0.39, 0.29) is 19.1 Å². The Morgan fingerprint density at radius 3 is 2.59 bits per heavy atom. The van der Waals surface area contributed by atoms with Crippen molar-refractivity contribution in [2.24, 2.45) is 5.92 Å². The Morgan fingerprint density at radius 2 is 2.05 bits per heavy atom. The largest absolute Gasteiger partial charge is 0.481 e. The van der Waals surface area contributed by atoms with E-state index in [1.54, 1.807) is 20.8 Å². The molecule has 122 valence electrons. The summed E-state index contributed by atoms with van der Waals surface area (Å²) >= 11 is 3.36. The molecular formula is C16H22BrNO4. The Labute approximate surface area is 139 Å². The standard InChI is InChI=1S/C16H22BrNO4/c1-16(2,3)22-14(19)10-18-9-12(15(20)21)7-11-5-4-6-13(17)8-11/h4-6,8,12,18H,7,9-10H2,1-3H3,(H,20,21). The Balaban J connectivity index is 2.48. The molecule has 0 saturated heterocycles. The SMILES string of the molecule is CC(C)(C)OC(=O)CNCC(Cc1cccc(Br)c1)C(=O)O. The van der Waals surface area contributed by atoms with Gasteiger partial charge in [0, 0.05) is 11.0 Å². The molecule has 1 aromatic rings. The van der Waals surface area contributed by atoms with Crippen LogP contribution in [-0.2, 0) is 20.7 Å². The van der Waals surface area contributed by atoms with Crippen molar-refractivity contribution < 1.29 is 19.4 Å². The zero-order chi connectivity index (χ0) is 16.8. The fourth-order valence-corrected chi connectivity index (χ4v) is 2.37. The molecule has 0 fully saturated rings. The molecule has 0 aromatic heterocycles. The number of ether oxygens (including phenoxy) is 1. The van der Waals surface area contributed by atoms with E-state index in [2.05, 4.69) is 21.2 Å². The predicted molar refractivity (Wildman–Crippen MR) is 87.7 cm³/mol. The van der Waals surface area contributed by atoms with Gasteiger partial charge in [0.1, 0.15) is 5.60 Å². The quantitative estimate of drug-likeness (QED) is 0.720. The molecule has 0 bridgehead atoms. The third-order valence-corrected chi connectivity index (χ3v) is 3.29. The normalized spacial score (nSPS) is 12.7. The lowest BCUT2D eigenvalue weighted by atomic mass is 9.99. The number of hydrogen-bond acceptors (Lipinski definition) is 4. The van der Waals surface area contributed by atoms with Crippen molar-refractivity contribution in [3.8, 4) is 0 Å². The number of rotatable bonds is 7. The first-order valence-corrected chi connectivity index (χ1v) is 7.86. The summed E-state index contributed by atoms with van der Waals surface area (Å²) in [7, 11) is 0. The molecule has 0 saturated carbocycles. The van der Waals surface area contributed by atoms with E-state index in [9.17, 15) is 14.7 Å². The van der Waals surface area contributed by atoms with Gasteiger partial charge in [-0.15, -0.1) is 0 Å². The Bertz CT molecular complexity index is 525. The van der Waals surface area contributed by atoms with Crippen molar-refractivity contribution in [1.82, 2.24) is 5.32 Å². The van der Waals surface area contributed by atoms with E-state index >= 15 is 0 Å². The molecule has 1 aromatic carbocycles. The molecule has 0 aliphatic rings. The van der Waals surface area contributed by atoms with Crippen molar-refractivity contribution in [2.45, 2.75) is 32.8 Å². The molecule has 0 radical (unpaired) electrons. The molecular weight excluding hydrogens is 350 g/mol. The van der Waals surface area contributed by atoms with Crippen LogP contribution in [0.25, 0.3) is 0 Å². The van der Waals surface area contributed by atoms with E-state index < -0.39 is 17.5 Å². The lowest BCUT2D eigenvalue weighted by Crippen LogP contribution is -2.36. The topological polar surface area (TPSA) is 75.6 Å². The smallest absolute Gasteiger partial charge is 0.320 e. The van der Waals surface area contributed by atoms with Gasteiger partial charge in [0.25, 0.3) is 0 Å². The van der Waals surface area contributed by atoms with Crippen LogP contribution in [0.15, 0.2) is 28.7 Å². The average molecular weight is 372 g/mol. The van der Waals surface area contributed by atoms with E-state index in [1.165, 1.54) is 0 Å². The lowest BCUT2D eigenvalue weighted by molar-refractivity contribution is -0.154. The summed E-state index contributed by atoms with van der Waals surface area (Å²) in [5, 5.41) is 12.1. The van der Waals surface area contributed by atoms with Crippen LogP contribution < -0.4 is 5.32 Å². The van der Waals surface area contributed by atoms with Crippen molar-refractivity contribution >= 4 is 27.9 Å². The molecule has 0 heterocycles. The Kier molecular flexibility index (Phi) is 7.03. The zero-order valence-electron chi connectivity index (χ0n) is 13.1. The lowest BCUT2D eigenvalue weighted by Gasteiger charge is -2.20. The van der Waals surface area contributed by atoms with Gasteiger partial charge in [0.05, 0.1) is 12.5 Å². The number of benzene rings is 1. The Morgan fingerprint density at radius 1 is 1.36 bits per heavy atom. The minimum Gasteiger partial charge on any atom is -0.481 e. The van der Waals surface area contributed by atoms with Crippen LogP contribution in [0.1, 0.15) is 26.3 Å². The minimum atomic E-state index is -0.892. The summed E-state index contributed by atoms with van der Waals surface area (Å²) in [4.78, 5) is 22.9. The highest BCUT2D eigenvalue weighted by Crippen LogP contribution is 2.15. The highest BCUT2D eigenvalue weighted by Gasteiger charge is 2.20. The number of aliphatic carboxylic acids is 1. The van der Waals surface area contributed by atoms with Gasteiger partial charge in [-0.25, -0.2) is 0 Å². The van der Waals surface area contributed by atoms with Gasteiger partial charge in [0.2, 0.25) is 0 Å². The number of esters is 1. The van der Waals surface area contributed by atoms with Crippen molar-refractivity contribution in [1.29, 1.82) is 0 Å². The van der Waals surface area contributed by atoms with Crippen molar-refractivity contribution in [3.05, 3.63) is 34.3 Å². The fraction of sp³-hybridized carbons (Fsp3) is 0.500. The van der Waals surface area contributed by atoms with Gasteiger partial charge in [-0.3, -0.25) is 9.59 Å². The number of carbonyl (C=O) groups is 2.